The molecule has 0 saturated carbocycles. The van der Waals surface area contributed by atoms with Gasteiger partial charge in [0.15, 0.2) is 0 Å². The smallest absolute Gasteiger partial charge is 0.207 e. The molecule has 1 rings (SSSR count). The van der Waals surface area contributed by atoms with Crippen molar-refractivity contribution >= 4 is 37.6 Å². The van der Waals surface area contributed by atoms with Gasteiger partial charge in [-0.25, -0.2) is 13.1 Å². The molecule has 0 aliphatic rings. The van der Waals surface area contributed by atoms with E-state index < -0.39 is 15.6 Å². The number of hydrogen-bond acceptors (Lipinski definition) is 2. The Hall–Kier alpha value is -0.100. The number of sulfonamides is 1. The molecule has 0 bridgehead atoms. The predicted octanol–water partition coefficient (Wildman–Crippen LogP) is 3.53. The van der Waals surface area contributed by atoms with Crippen LogP contribution in [0.5, 0.6) is 0 Å². The summed E-state index contributed by atoms with van der Waals surface area (Å²) < 4.78 is 28.1. The average Bonchev–Trinajstić information content (AvgIpc) is 2.37. The second-order valence-corrected chi connectivity index (χ2v) is 7.05. The Bertz CT molecular complexity index is 475. The third-order valence-electron chi connectivity index (χ3n) is 3.08. The number of nitrogens with one attached hydrogen (secondary N) is 1. The van der Waals surface area contributed by atoms with Crippen molar-refractivity contribution in [2.45, 2.75) is 37.1 Å². The molecule has 0 atom stereocenters. The van der Waals surface area contributed by atoms with E-state index in [-0.39, 0.29) is 10.8 Å². The summed E-state index contributed by atoms with van der Waals surface area (Å²) >= 11 is 9.19. The van der Waals surface area contributed by atoms with Crippen molar-refractivity contribution < 1.29 is 8.42 Å². The molecular formula is C12H17BrClNO2S. The molecular weight excluding hydrogens is 338 g/mol. The van der Waals surface area contributed by atoms with Gasteiger partial charge >= 0.3 is 0 Å². The van der Waals surface area contributed by atoms with E-state index in [1.54, 1.807) is 24.3 Å². The summed E-state index contributed by atoms with van der Waals surface area (Å²) in [6.45, 7) is 3.85. The maximum atomic E-state index is 12.3. The molecule has 1 N–H and O–H groups in total. The highest BCUT2D eigenvalue weighted by atomic mass is 79.9. The Morgan fingerprint density at radius 2 is 1.72 bits per heavy atom. The standard InChI is InChI=1S/C12H17BrClNO2S/c1-3-12(4-2,9-14)15-18(16,17)11-7-5-10(13)6-8-11/h5-8,15H,3-4,9H2,1-2H3. The lowest BCUT2D eigenvalue weighted by atomic mass is 9.97. The molecule has 6 heteroatoms. The minimum absolute atomic E-state index is 0.252. The average molecular weight is 355 g/mol. The Balaban J connectivity index is 3.04. The molecule has 0 spiro atoms. The van der Waals surface area contributed by atoms with Crippen LogP contribution in [0.4, 0.5) is 0 Å². The summed E-state index contributed by atoms with van der Waals surface area (Å²) in [7, 11) is -3.53. The van der Waals surface area contributed by atoms with E-state index in [2.05, 4.69) is 20.7 Å². The van der Waals surface area contributed by atoms with E-state index in [0.717, 1.165) is 4.47 Å². The lowest BCUT2D eigenvalue weighted by Gasteiger charge is -2.30. The molecule has 1 aromatic carbocycles. The monoisotopic (exact) mass is 353 g/mol. The van der Waals surface area contributed by atoms with Gasteiger partial charge in [0.05, 0.1) is 4.90 Å². The van der Waals surface area contributed by atoms with Crippen LogP contribution in [0.3, 0.4) is 0 Å². The van der Waals surface area contributed by atoms with Crippen molar-refractivity contribution in [1.29, 1.82) is 0 Å². The molecule has 102 valence electrons. The van der Waals surface area contributed by atoms with Gasteiger partial charge in [-0.3, -0.25) is 0 Å². The topological polar surface area (TPSA) is 46.2 Å². The maximum Gasteiger partial charge on any atom is 0.241 e. The first kappa shape index (κ1) is 16.0. The van der Waals surface area contributed by atoms with E-state index >= 15 is 0 Å². The van der Waals surface area contributed by atoms with E-state index in [9.17, 15) is 8.42 Å². The largest absolute Gasteiger partial charge is 0.241 e. The summed E-state index contributed by atoms with van der Waals surface area (Å²) in [5.74, 6) is 0.260. The van der Waals surface area contributed by atoms with Gasteiger partial charge in [0.2, 0.25) is 10.0 Å². The number of rotatable bonds is 6. The van der Waals surface area contributed by atoms with E-state index in [1.807, 2.05) is 13.8 Å². The van der Waals surface area contributed by atoms with Crippen molar-refractivity contribution in [3.05, 3.63) is 28.7 Å². The molecule has 18 heavy (non-hydrogen) atoms. The van der Waals surface area contributed by atoms with Crippen LogP contribution >= 0.6 is 27.5 Å². The van der Waals surface area contributed by atoms with Crippen LogP contribution in [0.15, 0.2) is 33.6 Å². The summed E-state index contributed by atoms with van der Waals surface area (Å²) in [6, 6.07) is 6.54. The summed E-state index contributed by atoms with van der Waals surface area (Å²) in [6.07, 6.45) is 1.31. The van der Waals surface area contributed by atoms with E-state index in [1.165, 1.54) is 0 Å². The van der Waals surface area contributed by atoms with Gasteiger partial charge in [-0.2, -0.15) is 0 Å². The number of benzene rings is 1. The molecule has 0 aliphatic heterocycles. The fourth-order valence-corrected chi connectivity index (χ4v) is 3.90. The zero-order chi connectivity index (χ0) is 13.8. The Labute approximate surface area is 122 Å². The van der Waals surface area contributed by atoms with Crippen LogP contribution in [0.1, 0.15) is 26.7 Å². The Kier molecular flexibility index (Phi) is 5.65. The van der Waals surface area contributed by atoms with E-state index in [4.69, 9.17) is 11.6 Å². The molecule has 3 nitrogen and oxygen atoms in total. The maximum absolute atomic E-state index is 12.3. The Morgan fingerprint density at radius 1 is 1.22 bits per heavy atom. The van der Waals surface area contributed by atoms with Gasteiger partial charge in [-0.15, -0.1) is 11.6 Å². The zero-order valence-corrected chi connectivity index (χ0v) is 13.6. The fourth-order valence-electron chi connectivity index (χ4n) is 1.57. The van der Waals surface area contributed by atoms with Gasteiger partial charge in [0.25, 0.3) is 0 Å². The highest BCUT2D eigenvalue weighted by Crippen LogP contribution is 2.22. The van der Waals surface area contributed by atoms with Crippen LogP contribution < -0.4 is 4.72 Å². The third kappa shape index (κ3) is 3.70. The van der Waals surface area contributed by atoms with Crippen molar-refractivity contribution in [1.82, 2.24) is 4.72 Å². The highest BCUT2D eigenvalue weighted by molar-refractivity contribution is 9.10. The molecule has 0 radical (unpaired) electrons. The van der Waals surface area contributed by atoms with Crippen molar-refractivity contribution in [2.75, 3.05) is 5.88 Å². The van der Waals surface area contributed by atoms with Gasteiger partial charge in [-0.05, 0) is 37.1 Å². The van der Waals surface area contributed by atoms with Crippen molar-refractivity contribution in [2.24, 2.45) is 0 Å². The summed E-state index contributed by atoms with van der Waals surface area (Å²) in [5, 5.41) is 0. The van der Waals surface area contributed by atoms with Gasteiger partial charge in [0.1, 0.15) is 0 Å². The summed E-state index contributed by atoms with van der Waals surface area (Å²) in [5.41, 5.74) is -0.576. The van der Waals surface area contributed by atoms with Crippen LogP contribution in [-0.4, -0.2) is 19.8 Å². The minimum atomic E-state index is -3.53. The quantitative estimate of drug-likeness (QED) is 0.794. The normalized spacial score (nSPS) is 12.7. The lowest BCUT2D eigenvalue weighted by molar-refractivity contribution is 0.394. The van der Waals surface area contributed by atoms with Gasteiger partial charge in [-0.1, -0.05) is 29.8 Å². The molecule has 0 fully saturated rings. The minimum Gasteiger partial charge on any atom is -0.207 e. The number of hydrogen-bond donors (Lipinski definition) is 1. The first-order valence-electron chi connectivity index (χ1n) is 5.74. The van der Waals surface area contributed by atoms with Crippen LogP contribution in [0, 0.1) is 0 Å². The van der Waals surface area contributed by atoms with Crippen LogP contribution in [-0.2, 0) is 10.0 Å². The van der Waals surface area contributed by atoms with E-state index in [0.29, 0.717) is 12.8 Å². The van der Waals surface area contributed by atoms with Crippen LogP contribution in [0.2, 0.25) is 0 Å². The summed E-state index contributed by atoms with van der Waals surface area (Å²) in [4.78, 5) is 0.252. The SMILES string of the molecule is CCC(CC)(CCl)NS(=O)(=O)c1ccc(Br)cc1. The number of alkyl halides is 1. The Morgan fingerprint density at radius 3 is 2.11 bits per heavy atom. The molecule has 0 amide bonds. The second kappa shape index (κ2) is 6.37. The second-order valence-electron chi connectivity index (χ2n) is 4.18. The molecule has 0 aliphatic carbocycles. The van der Waals surface area contributed by atoms with Crippen LogP contribution in [0.25, 0.3) is 0 Å². The highest BCUT2D eigenvalue weighted by Gasteiger charge is 2.31. The first-order valence-corrected chi connectivity index (χ1v) is 8.55. The van der Waals surface area contributed by atoms with Crippen molar-refractivity contribution in [3.63, 3.8) is 0 Å². The lowest BCUT2D eigenvalue weighted by Crippen LogP contribution is -2.49. The fraction of sp³-hybridized carbons (Fsp3) is 0.500. The molecule has 0 aromatic heterocycles. The predicted molar refractivity (Wildman–Crippen MR) is 78.5 cm³/mol. The van der Waals surface area contributed by atoms with Crippen molar-refractivity contribution in [3.8, 4) is 0 Å². The molecule has 1 aromatic rings. The molecule has 0 heterocycles. The molecule has 0 saturated heterocycles. The van der Waals surface area contributed by atoms with Gasteiger partial charge in [0, 0.05) is 15.9 Å². The zero-order valence-electron chi connectivity index (χ0n) is 10.4. The van der Waals surface area contributed by atoms with Gasteiger partial charge < -0.3 is 0 Å². The number of halogens is 2. The third-order valence-corrected chi connectivity index (χ3v) is 5.72. The first-order chi connectivity index (χ1) is 8.39. The molecule has 0 unspecified atom stereocenters.